The fraction of sp³-hybridized carbons (Fsp3) is 0.158. The number of amides is 1. The number of thioether (sulfide) groups is 1. The molecule has 1 amide bonds. The molecule has 0 saturated heterocycles. The van der Waals surface area contributed by atoms with E-state index in [9.17, 15) is 4.79 Å². The minimum Gasteiger partial charge on any atom is -0.492 e. The minimum atomic E-state index is -0.0627. The number of para-hydroxylation sites is 1. The third kappa shape index (κ3) is 5.28. The summed E-state index contributed by atoms with van der Waals surface area (Å²) in [4.78, 5) is 16.3. The number of hydrogen-bond acceptors (Lipinski definition) is 4. The molecule has 3 aromatic rings. The molecule has 7 heteroatoms. The minimum absolute atomic E-state index is 0.0627. The van der Waals surface area contributed by atoms with Gasteiger partial charge in [-0.2, -0.15) is 0 Å². The number of aromatic nitrogens is 2. The van der Waals surface area contributed by atoms with Gasteiger partial charge in [-0.15, -0.1) is 0 Å². The van der Waals surface area contributed by atoms with E-state index in [4.69, 9.17) is 16.3 Å². The Morgan fingerprint density at radius 3 is 2.85 bits per heavy atom. The maximum absolute atomic E-state index is 12.0. The highest BCUT2D eigenvalue weighted by Crippen LogP contribution is 2.22. The van der Waals surface area contributed by atoms with Crippen LogP contribution in [0, 0.1) is 0 Å². The lowest BCUT2D eigenvalue weighted by atomic mass is 10.3. The number of carbonyl (C=O) groups excluding carboxylic acids is 1. The molecule has 134 valence electrons. The molecule has 26 heavy (non-hydrogen) atoms. The normalized spacial score (nSPS) is 10.5. The van der Waals surface area contributed by atoms with Crippen LogP contribution in [0.5, 0.6) is 5.75 Å². The molecule has 0 unspecified atom stereocenters. The Kier molecular flexibility index (Phi) is 6.57. The number of nitrogens with one attached hydrogen (secondary N) is 1. The van der Waals surface area contributed by atoms with Gasteiger partial charge >= 0.3 is 0 Å². The average molecular weight is 388 g/mol. The van der Waals surface area contributed by atoms with Gasteiger partial charge in [-0.25, -0.2) is 4.98 Å². The summed E-state index contributed by atoms with van der Waals surface area (Å²) in [6.07, 6.45) is 3.55. The molecule has 1 N–H and O–H groups in total. The second-order valence-corrected chi connectivity index (χ2v) is 6.74. The highest BCUT2D eigenvalue weighted by Gasteiger charge is 2.09. The van der Waals surface area contributed by atoms with Gasteiger partial charge in [0.05, 0.1) is 12.3 Å². The number of ether oxygens (including phenoxy) is 1. The first-order chi connectivity index (χ1) is 12.7. The number of rotatable bonds is 8. The molecule has 0 fully saturated rings. The summed E-state index contributed by atoms with van der Waals surface area (Å²) in [6, 6.07) is 17.0. The van der Waals surface area contributed by atoms with Crippen LogP contribution in [-0.2, 0) is 4.79 Å². The predicted octanol–water partition coefficient (Wildman–Crippen LogP) is 3.81. The lowest BCUT2D eigenvalue weighted by Gasteiger charge is -2.09. The zero-order chi connectivity index (χ0) is 18.2. The van der Waals surface area contributed by atoms with Crippen molar-refractivity contribution >= 4 is 29.3 Å². The van der Waals surface area contributed by atoms with E-state index in [0.717, 1.165) is 16.6 Å². The Labute approximate surface area is 161 Å². The van der Waals surface area contributed by atoms with E-state index >= 15 is 0 Å². The Morgan fingerprint density at radius 1 is 1.19 bits per heavy atom. The Morgan fingerprint density at radius 2 is 2.04 bits per heavy atom. The molecule has 3 rings (SSSR count). The zero-order valence-corrected chi connectivity index (χ0v) is 15.5. The third-order valence-electron chi connectivity index (χ3n) is 3.46. The standard InChI is InChI=1S/C19H18ClN3O2S/c20-15-5-4-6-16(13-15)23-11-9-22-19(23)26-14-18(24)21-10-12-25-17-7-2-1-3-8-17/h1-9,11,13H,10,12,14H2,(H,21,24). The first kappa shape index (κ1) is 18.4. The molecule has 0 atom stereocenters. The summed E-state index contributed by atoms with van der Waals surface area (Å²) in [5.41, 5.74) is 0.911. The molecule has 0 bridgehead atoms. The molecule has 0 radical (unpaired) electrons. The summed E-state index contributed by atoms with van der Waals surface area (Å²) in [5.74, 6) is 1.01. The van der Waals surface area contributed by atoms with Crippen molar-refractivity contribution in [3.05, 3.63) is 72.0 Å². The fourth-order valence-corrected chi connectivity index (χ4v) is 3.26. The average Bonchev–Trinajstić information content (AvgIpc) is 3.13. The van der Waals surface area contributed by atoms with E-state index in [1.807, 2.05) is 65.4 Å². The fourth-order valence-electron chi connectivity index (χ4n) is 2.28. The number of benzene rings is 2. The van der Waals surface area contributed by atoms with Crippen LogP contribution in [0.1, 0.15) is 0 Å². The van der Waals surface area contributed by atoms with Crippen LogP contribution < -0.4 is 10.1 Å². The van der Waals surface area contributed by atoms with Gasteiger partial charge in [0, 0.05) is 23.1 Å². The molecule has 0 aliphatic carbocycles. The third-order valence-corrected chi connectivity index (χ3v) is 4.66. The van der Waals surface area contributed by atoms with Crippen molar-refractivity contribution in [2.24, 2.45) is 0 Å². The van der Waals surface area contributed by atoms with Crippen molar-refractivity contribution in [3.8, 4) is 11.4 Å². The summed E-state index contributed by atoms with van der Waals surface area (Å²) < 4.78 is 7.45. The van der Waals surface area contributed by atoms with E-state index in [0.29, 0.717) is 18.2 Å². The van der Waals surface area contributed by atoms with Gasteiger partial charge in [0.1, 0.15) is 12.4 Å². The summed E-state index contributed by atoms with van der Waals surface area (Å²) in [5, 5.41) is 4.24. The molecule has 0 saturated carbocycles. The lowest BCUT2D eigenvalue weighted by molar-refractivity contribution is -0.118. The van der Waals surface area contributed by atoms with Crippen LogP contribution in [0.25, 0.3) is 5.69 Å². The molecule has 0 spiro atoms. The van der Waals surface area contributed by atoms with E-state index in [-0.39, 0.29) is 11.7 Å². The van der Waals surface area contributed by atoms with Crippen LogP contribution in [0.15, 0.2) is 72.1 Å². The summed E-state index contributed by atoms with van der Waals surface area (Å²) >= 11 is 7.41. The van der Waals surface area contributed by atoms with Crippen molar-refractivity contribution < 1.29 is 9.53 Å². The van der Waals surface area contributed by atoms with Crippen LogP contribution in [0.4, 0.5) is 0 Å². The summed E-state index contributed by atoms with van der Waals surface area (Å²) in [7, 11) is 0. The maximum Gasteiger partial charge on any atom is 0.230 e. The first-order valence-electron chi connectivity index (χ1n) is 8.09. The molecule has 0 aliphatic heterocycles. The largest absolute Gasteiger partial charge is 0.492 e. The van der Waals surface area contributed by atoms with Crippen molar-refractivity contribution in [2.75, 3.05) is 18.9 Å². The molecule has 2 aromatic carbocycles. The van der Waals surface area contributed by atoms with E-state index in [2.05, 4.69) is 10.3 Å². The first-order valence-corrected chi connectivity index (χ1v) is 9.45. The Balaban J connectivity index is 1.44. The van der Waals surface area contributed by atoms with E-state index < -0.39 is 0 Å². The van der Waals surface area contributed by atoms with Crippen molar-refractivity contribution in [3.63, 3.8) is 0 Å². The number of imidazole rings is 1. The molecule has 0 aliphatic rings. The van der Waals surface area contributed by atoms with Gasteiger partial charge in [-0.05, 0) is 30.3 Å². The number of halogens is 1. The monoisotopic (exact) mass is 387 g/mol. The van der Waals surface area contributed by atoms with Crippen LogP contribution in [0.2, 0.25) is 5.02 Å². The van der Waals surface area contributed by atoms with Crippen LogP contribution in [-0.4, -0.2) is 34.4 Å². The quantitative estimate of drug-likeness (QED) is 0.471. The van der Waals surface area contributed by atoms with Crippen molar-refractivity contribution in [1.29, 1.82) is 0 Å². The smallest absolute Gasteiger partial charge is 0.230 e. The highest BCUT2D eigenvalue weighted by atomic mass is 35.5. The Bertz CT molecular complexity index is 855. The molecule has 5 nitrogen and oxygen atoms in total. The van der Waals surface area contributed by atoms with E-state index in [1.54, 1.807) is 6.20 Å². The maximum atomic E-state index is 12.0. The van der Waals surface area contributed by atoms with Crippen molar-refractivity contribution in [2.45, 2.75) is 5.16 Å². The summed E-state index contributed by atoms with van der Waals surface area (Å²) in [6.45, 7) is 0.884. The molecular weight excluding hydrogens is 370 g/mol. The second kappa shape index (κ2) is 9.31. The van der Waals surface area contributed by atoms with Gasteiger partial charge in [0.25, 0.3) is 0 Å². The van der Waals surface area contributed by atoms with Crippen LogP contribution in [0.3, 0.4) is 0 Å². The van der Waals surface area contributed by atoms with Gasteiger partial charge in [0.2, 0.25) is 5.91 Å². The molecular formula is C19H18ClN3O2S. The lowest BCUT2D eigenvalue weighted by Crippen LogP contribution is -2.29. The van der Waals surface area contributed by atoms with E-state index in [1.165, 1.54) is 11.8 Å². The highest BCUT2D eigenvalue weighted by molar-refractivity contribution is 7.99. The topological polar surface area (TPSA) is 56.2 Å². The van der Waals surface area contributed by atoms with Gasteiger partial charge in [0.15, 0.2) is 5.16 Å². The van der Waals surface area contributed by atoms with Gasteiger partial charge < -0.3 is 10.1 Å². The Hall–Kier alpha value is -2.44. The van der Waals surface area contributed by atoms with Gasteiger partial charge in [-0.3, -0.25) is 9.36 Å². The SMILES string of the molecule is O=C(CSc1nccn1-c1cccc(Cl)c1)NCCOc1ccccc1. The zero-order valence-electron chi connectivity index (χ0n) is 14.0. The number of carbonyl (C=O) groups is 1. The number of nitrogens with zero attached hydrogens (tertiary/aromatic N) is 2. The van der Waals surface area contributed by atoms with Crippen LogP contribution >= 0.6 is 23.4 Å². The number of hydrogen-bond donors (Lipinski definition) is 1. The molecule has 1 heterocycles. The molecule has 1 aromatic heterocycles. The van der Waals surface area contributed by atoms with Gasteiger partial charge in [-0.1, -0.05) is 47.6 Å². The predicted molar refractivity (Wildman–Crippen MR) is 104 cm³/mol. The second-order valence-electron chi connectivity index (χ2n) is 5.36. The van der Waals surface area contributed by atoms with Crippen molar-refractivity contribution in [1.82, 2.24) is 14.9 Å².